The van der Waals surface area contributed by atoms with Gasteiger partial charge in [0.2, 0.25) is 0 Å². The van der Waals surface area contributed by atoms with E-state index in [9.17, 15) is 26.7 Å². The molecule has 0 spiro atoms. The van der Waals surface area contributed by atoms with Gasteiger partial charge in [-0.1, -0.05) is 0 Å². The van der Waals surface area contributed by atoms with Gasteiger partial charge >= 0.3 is 12.2 Å². The van der Waals surface area contributed by atoms with Crippen LogP contribution < -0.4 is 11.1 Å². The lowest BCUT2D eigenvalue weighted by Gasteiger charge is -2.38. The van der Waals surface area contributed by atoms with Crippen molar-refractivity contribution in [3.63, 3.8) is 0 Å². The van der Waals surface area contributed by atoms with Crippen LogP contribution in [0.3, 0.4) is 0 Å². The highest BCUT2D eigenvalue weighted by atomic mass is 19.4. The van der Waals surface area contributed by atoms with Crippen molar-refractivity contribution in [1.82, 2.24) is 24.8 Å². The summed E-state index contributed by atoms with van der Waals surface area (Å²) in [6.07, 6.45) is -1.02. The summed E-state index contributed by atoms with van der Waals surface area (Å²) in [5.41, 5.74) is 5.61. The van der Waals surface area contributed by atoms with Crippen LogP contribution in [-0.2, 0) is 4.74 Å². The molecule has 1 saturated carbocycles. The first-order valence-electron chi connectivity index (χ1n) is 10.5. The van der Waals surface area contributed by atoms with E-state index in [1.54, 1.807) is 6.07 Å². The van der Waals surface area contributed by atoms with E-state index in [0.717, 1.165) is 4.90 Å². The van der Waals surface area contributed by atoms with Gasteiger partial charge in [0.1, 0.15) is 0 Å². The summed E-state index contributed by atoms with van der Waals surface area (Å²) >= 11 is 0. The number of amides is 2. The maximum absolute atomic E-state index is 13.9. The van der Waals surface area contributed by atoms with Gasteiger partial charge in [-0.2, -0.15) is 18.3 Å². The number of aromatic nitrogens is 3. The highest BCUT2D eigenvalue weighted by Crippen LogP contribution is 2.60. The van der Waals surface area contributed by atoms with E-state index in [1.807, 2.05) is 0 Å². The molecule has 2 fully saturated rings. The Kier molecular flexibility index (Phi) is 5.97. The summed E-state index contributed by atoms with van der Waals surface area (Å²) in [5, 5.41) is 6.39. The monoisotopic (exact) mass is 476 g/mol. The van der Waals surface area contributed by atoms with Crippen molar-refractivity contribution in [2.45, 2.75) is 49.9 Å². The van der Waals surface area contributed by atoms with E-state index in [4.69, 9.17) is 10.5 Å². The second-order valence-electron chi connectivity index (χ2n) is 8.79. The van der Waals surface area contributed by atoms with Crippen LogP contribution in [0, 0.1) is 5.41 Å². The summed E-state index contributed by atoms with van der Waals surface area (Å²) in [4.78, 5) is 17.6. The van der Waals surface area contributed by atoms with Gasteiger partial charge in [0.05, 0.1) is 49.2 Å². The first kappa shape index (κ1) is 23.6. The van der Waals surface area contributed by atoms with Crippen LogP contribution in [0.4, 0.5) is 26.7 Å². The summed E-state index contributed by atoms with van der Waals surface area (Å²) in [7, 11) is 1.39. The largest absolute Gasteiger partial charge is 0.394 e. The number of imidazole rings is 1. The standard InChI is InChI=1S/C20H25F5N6O2/c1-33-9-15(30-11-19(21,22)10-27-17(30)32)12-6-16-29-14(8-31(16)28-7-12)13(26)2-3-18(4-5-18)20(23,24)25/h6-8,13,15H,2-5,9-11,26H2,1H3,(H,27,32)/t13-,15+/m0/s1. The number of alkyl halides is 5. The molecule has 0 radical (unpaired) electrons. The maximum Gasteiger partial charge on any atom is 0.394 e. The molecule has 4 rings (SSSR count). The molecule has 1 saturated heterocycles. The van der Waals surface area contributed by atoms with Crippen LogP contribution in [0.2, 0.25) is 0 Å². The van der Waals surface area contributed by atoms with Crippen LogP contribution in [0.5, 0.6) is 0 Å². The fraction of sp³-hybridized carbons (Fsp3) is 0.650. The third kappa shape index (κ3) is 4.74. The lowest BCUT2D eigenvalue weighted by molar-refractivity contribution is -0.189. The molecule has 2 aliphatic rings. The summed E-state index contributed by atoms with van der Waals surface area (Å²) in [5.74, 6) is -3.10. The second-order valence-corrected chi connectivity index (χ2v) is 8.79. The molecule has 0 bridgehead atoms. The van der Waals surface area contributed by atoms with Crippen LogP contribution in [0.25, 0.3) is 5.65 Å². The molecule has 2 amide bonds. The van der Waals surface area contributed by atoms with Crippen molar-refractivity contribution in [2.24, 2.45) is 11.1 Å². The Balaban J connectivity index is 1.53. The predicted molar refractivity (Wildman–Crippen MR) is 107 cm³/mol. The Bertz CT molecular complexity index is 1020. The molecule has 1 aliphatic heterocycles. The number of ether oxygens (including phenoxy) is 1. The SMILES string of the molecule is COC[C@H](c1cnn2cc([C@@H](N)CCC3(C(F)(F)F)CC3)nc2c1)N1CC(F)(F)CNC1=O. The fourth-order valence-corrected chi connectivity index (χ4v) is 4.14. The average molecular weight is 476 g/mol. The number of halogens is 5. The number of nitrogens with two attached hydrogens (primary N) is 1. The van der Waals surface area contributed by atoms with Crippen LogP contribution in [-0.4, -0.2) is 64.4 Å². The lowest BCUT2D eigenvalue weighted by atomic mass is 9.96. The highest BCUT2D eigenvalue weighted by molar-refractivity contribution is 5.76. The van der Waals surface area contributed by atoms with Gasteiger partial charge in [-0.05, 0) is 31.7 Å². The van der Waals surface area contributed by atoms with Gasteiger partial charge in [0, 0.05) is 18.7 Å². The number of carbonyl (C=O) groups excluding carboxylic acids is 1. The molecule has 0 aromatic carbocycles. The molecular weight excluding hydrogens is 451 g/mol. The molecule has 3 heterocycles. The van der Waals surface area contributed by atoms with Crippen LogP contribution >= 0.6 is 0 Å². The molecule has 1 aliphatic carbocycles. The smallest absolute Gasteiger partial charge is 0.382 e. The van der Waals surface area contributed by atoms with Crippen molar-refractivity contribution in [1.29, 1.82) is 0 Å². The molecule has 182 valence electrons. The zero-order valence-corrected chi connectivity index (χ0v) is 17.9. The van der Waals surface area contributed by atoms with E-state index >= 15 is 0 Å². The van der Waals surface area contributed by atoms with E-state index in [0.29, 0.717) is 16.9 Å². The number of rotatable bonds is 8. The predicted octanol–water partition coefficient (Wildman–Crippen LogP) is 3.20. The molecule has 2 atom stereocenters. The number of hydrogen-bond donors (Lipinski definition) is 2. The Hall–Kier alpha value is -2.54. The first-order valence-corrected chi connectivity index (χ1v) is 10.5. The number of nitrogens with zero attached hydrogens (tertiary/aromatic N) is 4. The van der Waals surface area contributed by atoms with Gasteiger partial charge in [-0.25, -0.2) is 23.1 Å². The third-order valence-electron chi connectivity index (χ3n) is 6.37. The van der Waals surface area contributed by atoms with Crippen molar-refractivity contribution in [3.05, 3.63) is 29.7 Å². The number of fused-ring (bicyclic) bond motifs is 1. The van der Waals surface area contributed by atoms with Crippen molar-refractivity contribution in [2.75, 3.05) is 26.8 Å². The van der Waals surface area contributed by atoms with Gasteiger partial charge in [0.25, 0.3) is 5.92 Å². The number of carbonyl (C=O) groups is 1. The normalized spacial score (nSPS) is 21.7. The highest BCUT2D eigenvalue weighted by Gasteiger charge is 2.62. The van der Waals surface area contributed by atoms with Crippen molar-refractivity contribution >= 4 is 11.7 Å². The van der Waals surface area contributed by atoms with Crippen LogP contribution in [0.1, 0.15) is 49.0 Å². The molecule has 8 nitrogen and oxygen atoms in total. The number of nitrogens with one attached hydrogen (secondary N) is 1. The number of methoxy groups -OCH3 is 1. The molecular formula is C20H25F5N6O2. The molecule has 0 unspecified atom stereocenters. The maximum atomic E-state index is 13.9. The summed E-state index contributed by atoms with van der Waals surface area (Å²) in [6.45, 7) is -1.56. The minimum Gasteiger partial charge on any atom is -0.382 e. The Morgan fingerprint density at radius 1 is 1.33 bits per heavy atom. The quantitative estimate of drug-likeness (QED) is 0.571. The third-order valence-corrected chi connectivity index (χ3v) is 6.37. The number of hydrogen-bond acceptors (Lipinski definition) is 5. The van der Waals surface area contributed by atoms with E-state index in [2.05, 4.69) is 15.4 Å². The fourth-order valence-electron chi connectivity index (χ4n) is 4.14. The number of urea groups is 1. The van der Waals surface area contributed by atoms with Gasteiger partial charge < -0.3 is 20.7 Å². The summed E-state index contributed by atoms with van der Waals surface area (Å²) < 4.78 is 73.9. The molecule has 33 heavy (non-hydrogen) atoms. The van der Waals surface area contributed by atoms with E-state index < -0.39 is 48.7 Å². The van der Waals surface area contributed by atoms with E-state index in [-0.39, 0.29) is 32.3 Å². The van der Waals surface area contributed by atoms with Gasteiger partial charge in [0.15, 0.2) is 5.65 Å². The molecule has 13 heteroatoms. The zero-order valence-electron chi connectivity index (χ0n) is 17.9. The topological polar surface area (TPSA) is 97.8 Å². The van der Waals surface area contributed by atoms with Crippen molar-refractivity contribution in [3.8, 4) is 0 Å². The molecule has 2 aromatic heterocycles. The van der Waals surface area contributed by atoms with Gasteiger partial charge in [-0.15, -0.1) is 0 Å². The van der Waals surface area contributed by atoms with Crippen LogP contribution in [0.15, 0.2) is 18.5 Å². The lowest BCUT2D eigenvalue weighted by Crippen LogP contribution is -2.58. The zero-order chi connectivity index (χ0) is 24.0. The van der Waals surface area contributed by atoms with Crippen molar-refractivity contribution < 1.29 is 31.5 Å². The Labute approximate surface area is 186 Å². The Morgan fingerprint density at radius 2 is 2.06 bits per heavy atom. The molecule has 3 N–H and O–H groups in total. The van der Waals surface area contributed by atoms with Gasteiger partial charge in [-0.3, -0.25) is 0 Å². The minimum absolute atomic E-state index is 0.0477. The second kappa shape index (κ2) is 8.35. The average Bonchev–Trinajstić information content (AvgIpc) is 3.43. The minimum atomic E-state index is -4.24. The Morgan fingerprint density at radius 3 is 2.70 bits per heavy atom. The summed E-state index contributed by atoms with van der Waals surface area (Å²) in [6, 6.07) is -0.622. The molecule has 2 aromatic rings. The first-order chi connectivity index (χ1) is 15.4. The van der Waals surface area contributed by atoms with E-state index in [1.165, 1.54) is 24.0 Å².